The van der Waals surface area contributed by atoms with Crippen LogP contribution in [0.3, 0.4) is 0 Å². The first-order valence-electron chi connectivity index (χ1n) is 11.8. The van der Waals surface area contributed by atoms with Gasteiger partial charge in [0.25, 0.3) is 15.9 Å². The van der Waals surface area contributed by atoms with E-state index in [9.17, 15) is 31.1 Å². The van der Waals surface area contributed by atoms with Crippen LogP contribution in [0, 0.1) is 11.7 Å². The van der Waals surface area contributed by atoms with E-state index in [2.05, 4.69) is 14.4 Å². The normalized spacial score (nSPS) is 27.5. The summed E-state index contributed by atoms with van der Waals surface area (Å²) >= 11 is 0. The minimum absolute atomic E-state index is 0.0264. The molecular weight excluding hydrogens is 539 g/mol. The van der Waals surface area contributed by atoms with E-state index < -0.39 is 43.7 Å². The molecule has 2 fully saturated rings. The highest BCUT2D eigenvalue weighted by Crippen LogP contribution is 2.48. The number of carbonyl (C=O) groups is 1. The molecule has 2 aromatic rings. The van der Waals surface area contributed by atoms with E-state index in [1.165, 1.54) is 29.2 Å². The Kier molecular flexibility index (Phi) is 5.56. The first kappa shape index (κ1) is 24.8. The van der Waals surface area contributed by atoms with Crippen LogP contribution >= 0.6 is 0 Å². The number of halogens is 1. The number of anilines is 2. The van der Waals surface area contributed by atoms with Crippen LogP contribution in [0.1, 0.15) is 18.4 Å². The van der Waals surface area contributed by atoms with Crippen LogP contribution in [0.5, 0.6) is 0 Å². The fourth-order valence-electron chi connectivity index (χ4n) is 5.67. The first-order chi connectivity index (χ1) is 17.9. The second-order valence-corrected chi connectivity index (χ2v) is 13.1. The van der Waals surface area contributed by atoms with Gasteiger partial charge in [0.1, 0.15) is 22.0 Å². The van der Waals surface area contributed by atoms with Crippen LogP contribution in [0.2, 0.25) is 0 Å². The van der Waals surface area contributed by atoms with Crippen LogP contribution < -0.4 is 10.0 Å². The summed E-state index contributed by atoms with van der Waals surface area (Å²) in [7, 11) is -8.03. The Morgan fingerprint density at radius 3 is 2.61 bits per heavy atom. The maximum absolute atomic E-state index is 13.8. The lowest BCUT2D eigenvalue weighted by molar-refractivity contribution is -0.133. The average molecular weight is 563 g/mol. The average Bonchev–Trinajstić information content (AvgIpc) is 3.45. The number of aliphatic hydroxyl groups excluding tert-OH is 1. The van der Waals surface area contributed by atoms with Crippen LogP contribution in [0.25, 0.3) is 0 Å². The van der Waals surface area contributed by atoms with Gasteiger partial charge in [0.05, 0.1) is 36.1 Å². The van der Waals surface area contributed by atoms with E-state index in [0.29, 0.717) is 18.4 Å². The molecule has 0 saturated carbocycles. The van der Waals surface area contributed by atoms with Gasteiger partial charge < -0.3 is 20.1 Å². The zero-order valence-corrected chi connectivity index (χ0v) is 21.6. The SMILES string of the molecule is CS(=O)(=O)Nc1ccc2c(c1)S(=O)(=O)N=C(C1=C(O)[C@@H]3[C@@H]([C@H]4CC[C@@H]3O4)N(Cc3ccc(F)cc3)C1=O)N2. The van der Waals surface area contributed by atoms with Crippen LogP contribution in [-0.2, 0) is 36.1 Å². The zero-order chi connectivity index (χ0) is 27.0. The fourth-order valence-corrected chi connectivity index (χ4v) is 7.38. The summed E-state index contributed by atoms with van der Waals surface area (Å²) in [5.41, 5.74) is 0.471. The van der Waals surface area contributed by atoms with Gasteiger partial charge in [-0.15, -0.1) is 4.40 Å². The lowest BCUT2D eigenvalue weighted by Gasteiger charge is -2.42. The van der Waals surface area contributed by atoms with Crippen molar-refractivity contribution in [2.24, 2.45) is 10.3 Å². The van der Waals surface area contributed by atoms with Crippen molar-refractivity contribution in [2.45, 2.75) is 42.5 Å². The molecule has 2 bridgehead atoms. The number of ether oxygens (including phenoxy) is 1. The Balaban J connectivity index is 1.41. The van der Waals surface area contributed by atoms with Crippen LogP contribution in [-0.4, -0.2) is 63.1 Å². The molecule has 0 unspecified atom stereocenters. The molecule has 14 heteroatoms. The quantitative estimate of drug-likeness (QED) is 0.501. The molecule has 0 spiro atoms. The zero-order valence-electron chi connectivity index (χ0n) is 20.0. The Morgan fingerprint density at radius 1 is 1.18 bits per heavy atom. The topological polar surface area (TPSA) is 154 Å². The number of sulfonamides is 2. The Hall–Kier alpha value is -3.49. The molecule has 11 nitrogen and oxygen atoms in total. The number of rotatable bonds is 5. The third-order valence-corrected chi connectivity index (χ3v) is 9.09. The molecule has 2 saturated heterocycles. The summed E-state index contributed by atoms with van der Waals surface area (Å²) in [4.78, 5) is 15.1. The number of nitrogens with one attached hydrogen (secondary N) is 2. The van der Waals surface area contributed by atoms with Gasteiger partial charge in [-0.2, -0.15) is 8.42 Å². The molecule has 4 aliphatic heterocycles. The Labute approximate surface area is 218 Å². The highest BCUT2D eigenvalue weighted by Gasteiger charge is 2.58. The summed E-state index contributed by atoms with van der Waals surface area (Å²) in [5.74, 6) is -2.25. The second-order valence-electron chi connectivity index (χ2n) is 9.75. The second kappa shape index (κ2) is 8.51. The fraction of sp³-hybridized carbons (Fsp3) is 0.333. The first-order valence-corrected chi connectivity index (χ1v) is 15.1. The van der Waals surface area contributed by atoms with Gasteiger partial charge in [-0.3, -0.25) is 9.52 Å². The lowest BCUT2D eigenvalue weighted by Crippen LogP contribution is -2.55. The van der Waals surface area contributed by atoms with Crippen molar-refractivity contribution in [3.05, 3.63) is 65.2 Å². The smallest absolute Gasteiger partial charge is 0.286 e. The number of benzene rings is 2. The summed E-state index contributed by atoms with van der Waals surface area (Å²) < 4.78 is 74.9. The number of hydrogen-bond acceptors (Lipinski definition) is 8. The highest BCUT2D eigenvalue weighted by molar-refractivity contribution is 7.92. The molecule has 1 amide bonds. The molecule has 6 rings (SSSR count). The van der Waals surface area contributed by atoms with E-state index in [4.69, 9.17) is 4.74 Å². The molecule has 38 heavy (non-hydrogen) atoms. The van der Waals surface area contributed by atoms with Gasteiger partial charge in [-0.25, -0.2) is 12.8 Å². The molecule has 0 radical (unpaired) electrons. The van der Waals surface area contributed by atoms with Crippen molar-refractivity contribution in [3.8, 4) is 0 Å². The number of nitrogens with zero attached hydrogens (tertiary/aromatic N) is 2. The molecule has 3 N–H and O–H groups in total. The van der Waals surface area contributed by atoms with Crippen molar-refractivity contribution in [1.29, 1.82) is 0 Å². The van der Waals surface area contributed by atoms with Crippen molar-refractivity contribution in [3.63, 3.8) is 0 Å². The maximum atomic E-state index is 13.8. The van der Waals surface area contributed by atoms with Gasteiger partial charge in [0.15, 0.2) is 5.84 Å². The predicted octanol–water partition coefficient (Wildman–Crippen LogP) is 2.11. The summed E-state index contributed by atoms with van der Waals surface area (Å²) in [6.45, 7) is 0.0980. The number of hydrogen-bond donors (Lipinski definition) is 3. The predicted molar refractivity (Wildman–Crippen MR) is 135 cm³/mol. The van der Waals surface area contributed by atoms with Gasteiger partial charge >= 0.3 is 0 Å². The molecule has 4 atom stereocenters. The number of aliphatic hydroxyl groups is 1. The third-order valence-electron chi connectivity index (χ3n) is 7.17. The van der Waals surface area contributed by atoms with Gasteiger partial charge in [0.2, 0.25) is 10.0 Å². The summed E-state index contributed by atoms with van der Waals surface area (Å²) in [5, 5.41) is 14.1. The van der Waals surface area contributed by atoms with Gasteiger partial charge in [0, 0.05) is 12.2 Å². The lowest BCUT2D eigenvalue weighted by atomic mass is 9.77. The molecular formula is C24H23FN4O7S2. The molecule has 4 aliphatic rings. The summed E-state index contributed by atoms with van der Waals surface area (Å²) in [6, 6.07) is 9.06. The Bertz CT molecular complexity index is 1640. The van der Waals surface area contributed by atoms with E-state index in [1.807, 2.05) is 0 Å². The minimum Gasteiger partial charge on any atom is -0.511 e. The number of amides is 1. The number of carbonyl (C=O) groups excluding carboxylic acids is 1. The maximum Gasteiger partial charge on any atom is 0.286 e. The molecule has 200 valence electrons. The molecule has 2 aromatic carbocycles. The van der Waals surface area contributed by atoms with E-state index in [0.717, 1.165) is 12.3 Å². The molecule has 0 aliphatic carbocycles. The largest absolute Gasteiger partial charge is 0.511 e. The van der Waals surface area contributed by atoms with Crippen LogP contribution in [0.15, 0.2) is 63.1 Å². The third kappa shape index (κ3) is 4.12. The molecule has 0 aromatic heterocycles. The number of fused-ring (bicyclic) bond motifs is 6. The Morgan fingerprint density at radius 2 is 1.89 bits per heavy atom. The van der Waals surface area contributed by atoms with Crippen molar-refractivity contribution in [1.82, 2.24) is 4.90 Å². The van der Waals surface area contributed by atoms with Crippen molar-refractivity contribution in [2.75, 3.05) is 16.3 Å². The highest BCUT2D eigenvalue weighted by atomic mass is 32.2. The van der Waals surface area contributed by atoms with Crippen molar-refractivity contribution >= 4 is 43.2 Å². The van der Waals surface area contributed by atoms with E-state index >= 15 is 0 Å². The van der Waals surface area contributed by atoms with E-state index in [-0.39, 0.29) is 52.2 Å². The van der Waals surface area contributed by atoms with Crippen molar-refractivity contribution < 1.29 is 35.9 Å². The van der Waals surface area contributed by atoms with E-state index in [1.54, 1.807) is 12.1 Å². The monoisotopic (exact) mass is 562 g/mol. The van der Waals surface area contributed by atoms with Crippen LogP contribution in [0.4, 0.5) is 15.8 Å². The standard InChI is InChI=1S/C24H23FN4O7S2/c1-37(32,33)27-14-6-7-15-18(10-14)38(34,35)28-23(26-15)20-22(30)19-16-8-9-17(36-16)21(19)29(24(20)31)11-12-2-4-13(25)5-3-12/h2-7,10,16-17,19,21,27,30H,8-9,11H2,1H3,(H,26,28)/t16-,17+,19-,21+/m0/s1. The number of amidine groups is 1. The van der Waals surface area contributed by atoms with Gasteiger partial charge in [-0.05, 0) is 48.7 Å². The summed E-state index contributed by atoms with van der Waals surface area (Å²) in [6.07, 6.45) is 1.70. The molecule has 4 heterocycles. The van der Waals surface area contributed by atoms with Gasteiger partial charge in [-0.1, -0.05) is 12.1 Å². The minimum atomic E-state index is -4.38.